The quantitative estimate of drug-likeness (QED) is 0.272. The summed E-state index contributed by atoms with van der Waals surface area (Å²) in [6.07, 6.45) is 3.34. The molecule has 0 amide bonds. The summed E-state index contributed by atoms with van der Waals surface area (Å²) >= 11 is 0. The highest BCUT2D eigenvalue weighted by Gasteiger charge is 2.71. The standard InChI is InChI=1S/C25H34O8/c1-8-13(3)20(26)30-18-17-15(29-22(28)25(17,7)33-21(27)14(4)9-2)12-24(6)16(31-24)10-11-23(5)19(18)32-23/h8-9,15-19H,10-12H2,1-7H3/b13-8-,14-9-/t15-,16-,17+,18+,19+,23+,24+,25-/m1/s1. The third-order valence-electron chi connectivity index (χ3n) is 7.90. The van der Waals surface area contributed by atoms with Gasteiger partial charge < -0.3 is 23.7 Å². The maximum Gasteiger partial charge on any atom is 0.351 e. The molecule has 3 aliphatic heterocycles. The second-order valence-corrected chi connectivity index (χ2v) is 10.3. The van der Waals surface area contributed by atoms with Crippen LogP contribution in [0.25, 0.3) is 0 Å². The normalized spacial score (nSPS) is 44.6. The molecule has 0 aromatic rings. The maximum atomic E-state index is 13.2. The molecule has 0 aromatic carbocycles. The van der Waals surface area contributed by atoms with Crippen molar-refractivity contribution in [3.63, 3.8) is 0 Å². The second-order valence-electron chi connectivity index (χ2n) is 10.3. The zero-order valence-electron chi connectivity index (χ0n) is 20.4. The predicted octanol–water partition coefficient (Wildman–Crippen LogP) is 3.17. The average Bonchev–Trinajstić information content (AvgIpc) is 3.60. The van der Waals surface area contributed by atoms with Gasteiger partial charge in [0.05, 0.1) is 23.2 Å². The molecule has 8 nitrogen and oxygen atoms in total. The molecule has 4 aliphatic rings. The first-order valence-electron chi connectivity index (χ1n) is 11.7. The molecule has 1 aliphatic carbocycles. The van der Waals surface area contributed by atoms with Crippen molar-refractivity contribution in [1.29, 1.82) is 0 Å². The van der Waals surface area contributed by atoms with Crippen LogP contribution in [0.5, 0.6) is 0 Å². The van der Waals surface area contributed by atoms with Crippen molar-refractivity contribution < 1.29 is 38.1 Å². The SMILES string of the molecule is C/C=C(/C)C(=O)O[C@H]1[C@@H]2[C@@H](C[C@]3(C)O[C@@H]3CC[C@]3(C)O[C@@H]13)OC(=O)[C@]2(C)OC(=O)/C(C)=C\C. The van der Waals surface area contributed by atoms with E-state index in [9.17, 15) is 14.4 Å². The van der Waals surface area contributed by atoms with Gasteiger partial charge in [-0.25, -0.2) is 14.4 Å². The van der Waals surface area contributed by atoms with Crippen LogP contribution in [0.3, 0.4) is 0 Å². The van der Waals surface area contributed by atoms with E-state index >= 15 is 0 Å². The molecule has 4 fully saturated rings. The lowest BCUT2D eigenvalue weighted by Crippen LogP contribution is -2.53. The van der Waals surface area contributed by atoms with Crippen LogP contribution < -0.4 is 0 Å². The van der Waals surface area contributed by atoms with Crippen LogP contribution in [-0.2, 0) is 38.1 Å². The molecule has 1 saturated carbocycles. The molecular formula is C25H34O8. The summed E-state index contributed by atoms with van der Waals surface area (Å²) in [6, 6.07) is 0. The van der Waals surface area contributed by atoms with E-state index < -0.39 is 58.9 Å². The van der Waals surface area contributed by atoms with Crippen molar-refractivity contribution in [2.45, 2.75) is 109 Å². The predicted molar refractivity (Wildman–Crippen MR) is 117 cm³/mol. The molecule has 4 rings (SSSR count). The van der Waals surface area contributed by atoms with Gasteiger partial charge in [0.25, 0.3) is 0 Å². The van der Waals surface area contributed by atoms with E-state index in [1.165, 1.54) is 0 Å². The van der Waals surface area contributed by atoms with Gasteiger partial charge >= 0.3 is 17.9 Å². The first-order chi connectivity index (χ1) is 15.4. The van der Waals surface area contributed by atoms with Crippen molar-refractivity contribution in [2.24, 2.45) is 5.92 Å². The van der Waals surface area contributed by atoms with Gasteiger partial charge in [-0.1, -0.05) is 12.2 Å². The van der Waals surface area contributed by atoms with Gasteiger partial charge in [0, 0.05) is 17.6 Å². The Morgan fingerprint density at radius 3 is 2.27 bits per heavy atom. The van der Waals surface area contributed by atoms with Crippen molar-refractivity contribution in [1.82, 2.24) is 0 Å². The third kappa shape index (κ3) is 4.01. The minimum absolute atomic E-state index is 0.0440. The summed E-state index contributed by atoms with van der Waals surface area (Å²) in [5.74, 6) is -2.52. The van der Waals surface area contributed by atoms with Crippen LogP contribution in [0.1, 0.15) is 67.7 Å². The van der Waals surface area contributed by atoms with Gasteiger partial charge in [-0.15, -0.1) is 0 Å². The van der Waals surface area contributed by atoms with Crippen molar-refractivity contribution in [3.8, 4) is 0 Å². The Balaban J connectivity index is 1.76. The van der Waals surface area contributed by atoms with E-state index in [4.69, 9.17) is 23.7 Å². The van der Waals surface area contributed by atoms with Gasteiger partial charge in [0.1, 0.15) is 18.3 Å². The Labute approximate surface area is 194 Å². The minimum atomic E-state index is -1.65. The summed E-state index contributed by atoms with van der Waals surface area (Å²) in [5, 5.41) is 0. The van der Waals surface area contributed by atoms with E-state index in [-0.39, 0.29) is 6.10 Å². The number of carbonyl (C=O) groups excluding carboxylic acids is 3. The maximum absolute atomic E-state index is 13.2. The van der Waals surface area contributed by atoms with Gasteiger partial charge in [-0.2, -0.15) is 0 Å². The Kier molecular flexibility index (Phi) is 5.77. The lowest BCUT2D eigenvalue weighted by atomic mass is 9.75. The van der Waals surface area contributed by atoms with E-state index in [0.717, 1.165) is 12.8 Å². The summed E-state index contributed by atoms with van der Waals surface area (Å²) in [5.41, 5.74) is -1.82. The molecule has 182 valence electrons. The number of ether oxygens (including phenoxy) is 5. The zero-order valence-corrected chi connectivity index (χ0v) is 20.4. The topological polar surface area (TPSA) is 104 Å². The molecule has 3 heterocycles. The average molecular weight is 463 g/mol. The van der Waals surface area contributed by atoms with Gasteiger partial charge in [0.2, 0.25) is 5.60 Å². The smallest absolute Gasteiger partial charge is 0.351 e. The van der Waals surface area contributed by atoms with Gasteiger partial charge in [-0.3, -0.25) is 0 Å². The van der Waals surface area contributed by atoms with Crippen LogP contribution in [0.15, 0.2) is 23.3 Å². The minimum Gasteiger partial charge on any atom is -0.459 e. The van der Waals surface area contributed by atoms with E-state index in [2.05, 4.69) is 0 Å². The summed E-state index contributed by atoms with van der Waals surface area (Å²) in [4.78, 5) is 38.8. The molecule has 0 N–H and O–H groups in total. The summed E-state index contributed by atoms with van der Waals surface area (Å²) in [7, 11) is 0. The molecule has 0 aromatic heterocycles. The fraction of sp³-hybridized carbons (Fsp3) is 0.720. The lowest BCUT2D eigenvalue weighted by Gasteiger charge is -2.35. The molecular weight excluding hydrogens is 428 g/mol. The highest BCUT2D eigenvalue weighted by Crippen LogP contribution is 2.56. The third-order valence-corrected chi connectivity index (χ3v) is 7.90. The number of hydrogen-bond acceptors (Lipinski definition) is 8. The van der Waals surface area contributed by atoms with Crippen molar-refractivity contribution in [2.75, 3.05) is 0 Å². The van der Waals surface area contributed by atoms with Crippen LogP contribution in [0.4, 0.5) is 0 Å². The molecule has 33 heavy (non-hydrogen) atoms. The number of allylic oxidation sites excluding steroid dienone is 2. The van der Waals surface area contributed by atoms with Gasteiger partial charge in [0.15, 0.2) is 0 Å². The zero-order chi connectivity index (χ0) is 24.3. The molecule has 8 heteroatoms. The molecule has 0 bridgehead atoms. The Morgan fingerprint density at radius 2 is 1.64 bits per heavy atom. The number of carbonyl (C=O) groups is 3. The van der Waals surface area contributed by atoms with Crippen LogP contribution in [0, 0.1) is 5.92 Å². The highest BCUT2D eigenvalue weighted by molar-refractivity contribution is 5.92. The van der Waals surface area contributed by atoms with E-state index in [1.807, 2.05) is 13.8 Å². The molecule has 0 unspecified atom stereocenters. The lowest BCUT2D eigenvalue weighted by molar-refractivity contribution is -0.176. The Morgan fingerprint density at radius 1 is 1.00 bits per heavy atom. The molecule has 0 radical (unpaired) electrons. The Bertz CT molecular complexity index is 937. The number of esters is 3. The first-order valence-corrected chi connectivity index (χ1v) is 11.7. The van der Waals surface area contributed by atoms with Crippen molar-refractivity contribution in [3.05, 3.63) is 23.3 Å². The monoisotopic (exact) mass is 462 g/mol. The number of epoxide rings is 2. The van der Waals surface area contributed by atoms with Crippen molar-refractivity contribution >= 4 is 17.9 Å². The first kappa shape index (κ1) is 24.0. The second kappa shape index (κ2) is 7.94. The number of fused-ring (bicyclic) bond motifs is 3. The molecule has 0 spiro atoms. The summed E-state index contributed by atoms with van der Waals surface area (Å²) < 4.78 is 29.7. The Hall–Kier alpha value is -2.19. The fourth-order valence-electron chi connectivity index (χ4n) is 5.19. The summed E-state index contributed by atoms with van der Waals surface area (Å²) in [6.45, 7) is 12.3. The fourth-order valence-corrected chi connectivity index (χ4v) is 5.19. The van der Waals surface area contributed by atoms with Gasteiger partial charge in [-0.05, 0) is 61.3 Å². The van der Waals surface area contributed by atoms with E-state index in [0.29, 0.717) is 17.6 Å². The van der Waals surface area contributed by atoms with E-state index in [1.54, 1.807) is 46.8 Å². The van der Waals surface area contributed by atoms with Crippen LogP contribution in [-0.4, -0.2) is 59.1 Å². The molecule has 3 saturated heterocycles. The largest absolute Gasteiger partial charge is 0.459 e. The van der Waals surface area contributed by atoms with Crippen LogP contribution >= 0.6 is 0 Å². The highest BCUT2D eigenvalue weighted by atomic mass is 16.7. The van der Waals surface area contributed by atoms with Crippen LogP contribution in [0.2, 0.25) is 0 Å². The number of hydrogen-bond donors (Lipinski definition) is 0. The number of rotatable bonds is 4. The molecule has 8 atom stereocenters.